The normalized spacial score (nSPS) is 21.1. The molecular formula is C18H28N2O2S. The Morgan fingerprint density at radius 3 is 2.43 bits per heavy atom. The van der Waals surface area contributed by atoms with Crippen LogP contribution in [-0.2, 0) is 4.74 Å². The van der Waals surface area contributed by atoms with Gasteiger partial charge in [0, 0.05) is 25.7 Å². The lowest BCUT2D eigenvalue weighted by molar-refractivity contribution is 0.000107. The maximum absolute atomic E-state index is 12.3. The van der Waals surface area contributed by atoms with E-state index in [0.29, 0.717) is 11.9 Å². The number of benzene rings is 1. The van der Waals surface area contributed by atoms with Crippen LogP contribution in [0, 0.1) is 0 Å². The summed E-state index contributed by atoms with van der Waals surface area (Å²) >= 11 is 1.84. The fraction of sp³-hybridized carbons (Fsp3) is 0.611. The quantitative estimate of drug-likeness (QED) is 0.835. The molecule has 1 aromatic carbocycles. The summed E-state index contributed by atoms with van der Waals surface area (Å²) in [6.45, 7) is 10.3. The molecule has 1 amide bonds. The van der Waals surface area contributed by atoms with E-state index in [9.17, 15) is 4.79 Å². The minimum absolute atomic E-state index is 0.150. The molecule has 0 spiro atoms. The summed E-state index contributed by atoms with van der Waals surface area (Å²) in [5.41, 5.74) is 0.873. The third kappa shape index (κ3) is 4.88. The maximum atomic E-state index is 12.3. The van der Waals surface area contributed by atoms with E-state index in [0.717, 1.165) is 13.1 Å². The van der Waals surface area contributed by atoms with Gasteiger partial charge in [0.05, 0.1) is 5.37 Å². The lowest BCUT2D eigenvalue weighted by Gasteiger charge is -2.43. The van der Waals surface area contributed by atoms with Crippen LogP contribution < -0.4 is 0 Å². The predicted octanol–water partition coefficient (Wildman–Crippen LogP) is 3.99. The molecule has 2 rings (SSSR count). The number of carbonyl (C=O) groups is 1. The molecule has 1 heterocycles. The second kappa shape index (κ2) is 7.58. The van der Waals surface area contributed by atoms with Crippen molar-refractivity contribution in [1.82, 2.24) is 9.80 Å². The topological polar surface area (TPSA) is 32.8 Å². The number of carbonyl (C=O) groups excluding carboxylic acids is 1. The van der Waals surface area contributed by atoms with Gasteiger partial charge in [-0.15, -0.1) is 11.8 Å². The maximum Gasteiger partial charge on any atom is 0.410 e. The summed E-state index contributed by atoms with van der Waals surface area (Å²) < 4.78 is 5.52. The molecule has 0 radical (unpaired) electrons. The second-order valence-electron chi connectivity index (χ2n) is 7.02. The lowest BCUT2D eigenvalue weighted by atomic mass is 10.1. The Balaban J connectivity index is 2.01. The molecule has 1 aliphatic heterocycles. The fourth-order valence-electron chi connectivity index (χ4n) is 2.90. The third-order valence-electron chi connectivity index (χ3n) is 3.93. The number of thioether (sulfide) groups is 1. The number of amides is 1. The summed E-state index contributed by atoms with van der Waals surface area (Å²) in [6, 6.07) is 10.7. The number of rotatable bonds is 3. The monoisotopic (exact) mass is 336 g/mol. The molecule has 1 fully saturated rings. The van der Waals surface area contributed by atoms with Crippen LogP contribution in [-0.4, -0.2) is 53.4 Å². The van der Waals surface area contributed by atoms with Gasteiger partial charge in [-0.05, 0) is 39.5 Å². The third-order valence-corrected chi connectivity index (χ3v) is 4.94. The van der Waals surface area contributed by atoms with E-state index in [1.807, 2.05) is 43.5 Å². The van der Waals surface area contributed by atoms with Crippen molar-refractivity contribution in [2.24, 2.45) is 0 Å². The highest BCUT2D eigenvalue weighted by Gasteiger charge is 2.33. The highest BCUT2D eigenvalue weighted by molar-refractivity contribution is 7.98. The Bertz CT molecular complexity index is 516. The average molecular weight is 337 g/mol. The number of hydrogen-bond acceptors (Lipinski definition) is 4. The van der Waals surface area contributed by atoms with Gasteiger partial charge in [0.2, 0.25) is 0 Å². The highest BCUT2D eigenvalue weighted by Crippen LogP contribution is 2.32. The predicted molar refractivity (Wildman–Crippen MR) is 96.7 cm³/mol. The molecule has 128 valence electrons. The number of nitrogens with zero attached hydrogens (tertiary/aromatic N) is 2. The van der Waals surface area contributed by atoms with Crippen LogP contribution in [0.25, 0.3) is 0 Å². The van der Waals surface area contributed by atoms with Crippen LogP contribution in [0.2, 0.25) is 0 Å². The van der Waals surface area contributed by atoms with Crippen molar-refractivity contribution >= 4 is 17.9 Å². The van der Waals surface area contributed by atoms with Crippen molar-refractivity contribution in [3.63, 3.8) is 0 Å². The lowest BCUT2D eigenvalue weighted by Crippen LogP contribution is -2.55. The molecule has 1 aromatic rings. The molecule has 4 nitrogen and oxygen atoms in total. The van der Waals surface area contributed by atoms with Crippen LogP contribution in [0.3, 0.4) is 0 Å². The van der Waals surface area contributed by atoms with Crippen LogP contribution >= 0.6 is 11.8 Å². The van der Waals surface area contributed by atoms with Crippen molar-refractivity contribution in [3.05, 3.63) is 35.9 Å². The van der Waals surface area contributed by atoms with Crippen LogP contribution in [0.4, 0.5) is 4.79 Å². The van der Waals surface area contributed by atoms with Crippen LogP contribution in [0.5, 0.6) is 0 Å². The molecule has 0 aromatic heterocycles. The first-order valence-corrected chi connectivity index (χ1v) is 9.42. The van der Waals surface area contributed by atoms with Gasteiger partial charge in [-0.2, -0.15) is 0 Å². The smallest absolute Gasteiger partial charge is 0.410 e. The minimum Gasteiger partial charge on any atom is -0.444 e. The summed E-state index contributed by atoms with van der Waals surface area (Å²) in [4.78, 5) is 16.6. The number of piperazine rings is 1. The zero-order valence-corrected chi connectivity index (χ0v) is 15.6. The number of hydrogen-bond donors (Lipinski definition) is 0. The van der Waals surface area contributed by atoms with Crippen molar-refractivity contribution < 1.29 is 9.53 Å². The van der Waals surface area contributed by atoms with Gasteiger partial charge in [0.25, 0.3) is 0 Å². The highest BCUT2D eigenvalue weighted by atomic mass is 32.2. The van der Waals surface area contributed by atoms with Gasteiger partial charge < -0.3 is 9.64 Å². The van der Waals surface area contributed by atoms with Gasteiger partial charge >= 0.3 is 6.09 Å². The number of ether oxygens (including phenoxy) is 1. The van der Waals surface area contributed by atoms with Crippen LogP contribution in [0.15, 0.2) is 30.3 Å². The zero-order valence-electron chi connectivity index (χ0n) is 14.8. The van der Waals surface area contributed by atoms with Gasteiger partial charge in [-0.3, -0.25) is 4.90 Å². The van der Waals surface area contributed by atoms with Crippen molar-refractivity contribution in [2.45, 2.75) is 44.7 Å². The molecular weight excluding hydrogens is 308 g/mol. The molecule has 2 unspecified atom stereocenters. The molecule has 2 atom stereocenters. The van der Waals surface area contributed by atoms with Crippen LogP contribution in [0.1, 0.15) is 38.6 Å². The standard InChI is InChI=1S/C18H28N2O2S/c1-14-13-19(16(23-5)15-9-7-6-8-10-15)11-12-20(14)17(21)22-18(2,3)4/h6-10,14,16H,11-13H2,1-5H3. The van der Waals surface area contributed by atoms with Gasteiger partial charge in [0.15, 0.2) is 0 Å². The molecule has 0 saturated carbocycles. The fourth-order valence-corrected chi connectivity index (χ4v) is 3.82. The van der Waals surface area contributed by atoms with Gasteiger partial charge in [-0.25, -0.2) is 4.79 Å². The Kier molecular flexibility index (Phi) is 5.98. The first-order chi connectivity index (χ1) is 10.8. The van der Waals surface area contributed by atoms with E-state index in [1.165, 1.54) is 5.56 Å². The first kappa shape index (κ1) is 18.1. The van der Waals surface area contributed by atoms with Gasteiger partial charge in [0.1, 0.15) is 5.60 Å². The summed E-state index contributed by atoms with van der Waals surface area (Å²) in [5.74, 6) is 0. The van der Waals surface area contributed by atoms with Crippen molar-refractivity contribution in [2.75, 3.05) is 25.9 Å². The molecule has 1 saturated heterocycles. The SMILES string of the molecule is CSC(c1ccccc1)N1CCN(C(=O)OC(C)(C)C)C(C)C1. The van der Waals surface area contributed by atoms with Crippen molar-refractivity contribution in [3.8, 4) is 0 Å². The van der Waals surface area contributed by atoms with Crippen molar-refractivity contribution in [1.29, 1.82) is 0 Å². The minimum atomic E-state index is -0.445. The van der Waals surface area contributed by atoms with Gasteiger partial charge in [-0.1, -0.05) is 30.3 Å². The Hall–Kier alpha value is -1.20. The largest absolute Gasteiger partial charge is 0.444 e. The summed E-state index contributed by atoms with van der Waals surface area (Å²) in [7, 11) is 0. The average Bonchev–Trinajstić information content (AvgIpc) is 2.47. The van der Waals surface area contributed by atoms with E-state index < -0.39 is 5.60 Å². The van der Waals surface area contributed by atoms with E-state index >= 15 is 0 Å². The first-order valence-electron chi connectivity index (χ1n) is 8.13. The molecule has 0 bridgehead atoms. The van der Waals surface area contributed by atoms with E-state index in [1.54, 1.807) is 0 Å². The zero-order chi connectivity index (χ0) is 17.0. The van der Waals surface area contributed by atoms with E-state index in [4.69, 9.17) is 4.74 Å². The Morgan fingerprint density at radius 1 is 1.26 bits per heavy atom. The second-order valence-corrected chi connectivity index (χ2v) is 7.93. The Morgan fingerprint density at radius 2 is 1.91 bits per heavy atom. The van der Waals surface area contributed by atoms with E-state index in [2.05, 4.69) is 42.3 Å². The summed E-state index contributed by atoms with van der Waals surface area (Å²) in [5, 5.41) is 0.333. The Labute approximate surface area is 144 Å². The molecule has 1 aliphatic rings. The molecule has 0 aliphatic carbocycles. The molecule has 0 N–H and O–H groups in total. The summed E-state index contributed by atoms with van der Waals surface area (Å²) in [6.07, 6.45) is 1.94. The molecule has 23 heavy (non-hydrogen) atoms. The van der Waals surface area contributed by atoms with E-state index in [-0.39, 0.29) is 12.1 Å². The molecule has 5 heteroatoms.